The SMILES string of the molecule is Cc1cccc(OCC(=O)N2CCN(c3cc(-n4cncn4)ncn3)CC2)c1C. The fourth-order valence-electron chi connectivity index (χ4n) is 3.26. The maximum atomic E-state index is 12.6. The van der Waals surface area contributed by atoms with Gasteiger partial charge in [0.15, 0.2) is 12.4 Å². The number of anilines is 1. The maximum absolute atomic E-state index is 12.6. The number of amides is 1. The van der Waals surface area contributed by atoms with Crippen LogP contribution in [0.2, 0.25) is 0 Å². The standard InChI is InChI=1S/C20H23N7O2/c1-15-4-3-5-17(16(15)2)29-11-20(28)26-8-6-25(7-9-26)18-10-19(23-13-22-18)27-14-21-12-24-27/h3-5,10,12-14H,6-9,11H2,1-2H3. The molecule has 0 bridgehead atoms. The molecule has 0 radical (unpaired) electrons. The van der Waals surface area contributed by atoms with Gasteiger partial charge in [-0.15, -0.1) is 0 Å². The second-order valence-corrected chi connectivity index (χ2v) is 6.93. The largest absolute Gasteiger partial charge is 0.483 e. The van der Waals surface area contributed by atoms with E-state index in [1.54, 1.807) is 11.0 Å². The molecule has 29 heavy (non-hydrogen) atoms. The van der Waals surface area contributed by atoms with Crippen LogP contribution in [0.25, 0.3) is 5.82 Å². The zero-order valence-corrected chi connectivity index (χ0v) is 16.5. The van der Waals surface area contributed by atoms with E-state index in [4.69, 9.17) is 4.74 Å². The molecule has 0 saturated carbocycles. The first-order chi connectivity index (χ1) is 14.1. The summed E-state index contributed by atoms with van der Waals surface area (Å²) in [6.07, 6.45) is 4.58. The summed E-state index contributed by atoms with van der Waals surface area (Å²) in [5.41, 5.74) is 2.22. The fourth-order valence-corrected chi connectivity index (χ4v) is 3.26. The van der Waals surface area contributed by atoms with Gasteiger partial charge in [0.05, 0.1) is 0 Å². The Hall–Kier alpha value is -3.49. The summed E-state index contributed by atoms with van der Waals surface area (Å²) in [4.78, 5) is 29.1. The molecule has 0 N–H and O–H groups in total. The molecule has 0 spiro atoms. The van der Waals surface area contributed by atoms with E-state index < -0.39 is 0 Å². The molecule has 1 aromatic carbocycles. The summed E-state index contributed by atoms with van der Waals surface area (Å²) in [6.45, 7) is 6.73. The first-order valence-corrected chi connectivity index (χ1v) is 9.50. The van der Waals surface area contributed by atoms with Crippen LogP contribution in [-0.2, 0) is 4.79 Å². The lowest BCUT2D eigenvalue weighted by Gasteiger charge is -2.35. The molecule has 0 atom stereocenters. The highest BCUT2D eigenvalue weighted by Gasteiger charge is 2.23. The minimum absolute atomic E-state index is 0.00320. The van der Waals surface area contributed by atoms with Crippen molar-refractivity contribution in [3.63, 3.8) is 0 Å². The second-order valence-electron chi connectivity index (χ2n) is 6.93. The fraction of sp³-hybridized carbons (Fsp3) is 0.350. The highest BCUT2D eigenvalue weighted by atomic mass is 16.5. The Labute approximate surface area is 169 Å². The van der Waals surface area contributed by atoms with E-state index >= 15 is 0 Å². The minimum atomic E-state index is -0.00320. The number of aromatic nitrogens is 5. The third kappa shape index (κ3) is 4.18. The van der Waals surface area contributed by atoms with Crippen LogP contribution in [0, 0.1) is 13.8 Å². The summed E-state index contributed by atoms with van der Waals surface area (Å²) >= 11 is 0. The van der Waals surface area contributed by atoms with Crippen molar-refractivity contribution in [1.82, 2.24) is 29.6 Å². The number of hydrogen-bond donors (Lipinski definition) is 0. The Morgan fingerprint density at radius 3 is 2.62 bits per heavy atom. The molecule has 3 heterocycles. The van der Waals surface area contributed by atoms with E-state index in [0.29, 0.717) is 32.0 Å². The van der Waals surface area contributed by atoms with E-state index in [-0.39, 0.29) is 12.5 Å². The molecule has 1 aliphatic rings. The molecule has 3 aromatic rings. The van der Waals surface area contributed by atoms with Crippen LogP contribution in [-0.4, -0.2) is 68.3 Å². The van der Waals surface area contributed by atoms with Crippen LogP contribution in [0.15, 0.2) is 43.2 Å². The summed E-state index contributed by atoms with van der Waals surface area (Å²) in [6, 6.07) is 7.74. The number of hydrogen-bond acceptors (Lipinski definition) is 7. The van der Waals surface area contributed by atoms with Crippen LogP contribution in [0.5, 0.6) is 5.75 Å². The van der Waals surface area contributed by atoms with Crippen LogP contribution < -0.4 is 9.64 Å². The van der Waals surface area contributed by atoms with Crippen molar-refractivity contribution in [3.8, 4) is 11.6 Å². The average Bonchev–Trinajstić information content (AvgIpc) is 3.30. The highest BCUT2D eigenvalue weighted by molar-refractivity contribution is 5.78. The Balaban J connectivity index is 1.33. The Morgan fingerprint density at radius 2 is 1.86 bits per heavy atom. The van der Waals surface area contributed by atoms with E-state index in [1.165, 1.54) is 12.7 Å². The first-order valence-electron chi connectivity index (χ1n) is 9.50. The molecule has 150 valence electrons. The number of benzene rings is 1. The molecule has 2 aromatic heterocycles. The predicted octanol–water partition coefficient (Wildman–Crippen LogP) is 1.40. The first kappa shape index (κ1) is 18.9. The number of piperazine rings is 1. The third-order valence-corrected chi connectivity index (χ3v) is 5.15. The van der Waals surface area contributed by atoms with Gasteiger partial charge in [0, 0.05) is 32.2 Å². The lowest BCUT2D eigenvalue weighted by atomic mass is 10.1. The quantitative estimate of drug-likeness (QED) is 0.647. The maximum Gasteiger partial charge on any atom is 0.260 e. The third-order valence-electron chi connectivity index (χ3n) is 5.15. The van der Waals surface area contributed by atoms with Crippen LogP contribution in [0.1, 0.15) is 11.1 Å². The van der Waals surface area contributed by atoms with Crippen molar-refractivity contribution in [1.29, 1.82) is 0 Å². The molecular weight excluding hydrogens is 370 g/mol. The van der Waals surface area contributed by atoms with Gasteiger partial charge in [-0.25, -0.2) is 19.6 Å². The minimum Gasteiger partial charge on any atom is -0.483 e. The highest BCUT2D eigenvalue weighted by Crippen LogP contribution is 2.21. The Kier molecular flexibility index (Phi) is 5.37. The van der Waals surface area contributed by atoms with Gasteiger partial charge in [0.25, 0.3) is 5.91 Å². The lowest BCUT2D eigenvalue weighted by Crippen LogP contribution is -2.50. The van der Waals surface area contributed by atoms with Gasteiger partial charge < -0.3 is 14.5 Å². The normalized spacial score (nSPS) is 14.1. The van der Waals surface area contributed by atoms with Crippen molar-refractivity contribution in [2.45, 2.75) is 13.8 Å². The van der Waals surface area contributed by atoms with E-state index in [1.807, 2.05) is 43.0 Å². The van der Waals surface area contributed by atoms with Gasteiger partial charge >= 0.3 is 0 Å². The zero-order chi connectivity index (χ0) is 20.2. The van der Waals surface area contributed by atoms with Gasteiger partial charge in [-0.3, -0.25) is 4.79 Å². The molecule has 4 rings (SSSR count). The molecule has 1 aliphatic heterocycles. The van der Waals surface area contributed by atoms with Gasteiger partial charge in [-0.05, 0) is 31.0 Å². The Morgan fingerprint density at radius 1 is 1.07 bits per heavy atom. The van der Waals surface area contributed by atoms with Crippen LogP contribution in [0.4, 0.5) is 5.82 Å². The molecule has 9 heteroatoms. The lowest BCUT2D eigenvalue weighted by molar-refractivity contribution is -0.133. The van der Waals surface area contributed by atoms with E-state index in [9.17, 15) is 4.79 Å². The summed E-state index contributed by atoms with van der Waals surface area (Å²) < 4.78 is 7.35. The van der Waals surface area contributed by atoms with Crippen LogP contribution >= 0.6 is 0 Å². The van der Waals surface area contributed by atoms with Gasteiger partial charge in [-0.2, -0.15) is 5.10 Å². The second kappa shape index (κ2) is 8.26. The molecule has 0 aliphatic carbocycles. The van der Waals surface area contributed by atoms with Gasteiger partial charge in [0.1, 0.15) is 30.5 Å². The molecule has 9 nitrogen and oxygen atoms in total. The summed E-state index contributed by atoms with van der Waals surface area (Å²) in [5.74, 6) is 2.23. The topological polar surface area (TPSA) is 89.3 Å². The molecule has 1 saturated heterocycles. The number of aryl methyl sites for hydroxylation is 1. The molecular formula is C20H23N7O2. The van der Waals surface area contributed by atoms with Crippen molar-refractivity contribution >= 4 is 11.7 Å². The van der Waals surface area contributed by atoms with Crippen LogP contribution in [0.3, 0.4) is 0 Å². The summed E-state index contributed by atoms with van der Waals surface area (Å²) in [7, 11) is 0. The number of carbonyl (C=O) groups excluding carboxylic acids is 1. The van der Waals surface area contributed by atoms with Gasteiger partial charge in [-0.1, -0.05) is 12.1 Å². The number of rotatable bonds is 5. The van der Waals surface area contributed by atoms with Crippen molar-refractivity contribution in [2.75, 3.05) is 37.7 Å². The molecule has 1 amide bonds. The molecule has 1 fully saturated rings. The van der Waals surface area contributed by atoms with E-state index in [0.717, 1.165) is 22.7 Å². The molecule has 0 unspecified atom stereocenters. The van der Waals surface area contributed by atoms with Crippen molar-refractivity contribution in [3.05, 3.63) is 54.4 Å². The van der Waals surface area contributed by atoms with Crippen molar-refractivity contribution < 1.29 is 9.53 Å². The monoisotopic (exact) mass is 393 g/mol. The number of carbonyl (C=O) groups is 1. The van der Waals surface area contributed by atoms with E-state index in [2.05, 4.69) is 25.0 Å². The summed E-state index contributed by atoms with van der Waals surface area (Å²) in [5, 5.41) is 4.09. The average molecular weight is 393 g/mol. The zero-order valence-electron chi connectivity index (χ0n) is 16.5. The predicted molar refractivity (Wildman–Crippen MR) is 107 cm³/mol. The smallest absolute Gasteiger partial charge is 0.260 e. The number of ether oxygens (including phenoxy) is 1. The van der Waals surface area contributed by atoms with Gasteiger partial charge in [0.2, 0.25) is 0 Å². The number of nitrogens with zero attached hydrogens (tertiary/aromatic N) is 7. The Bertz CT molecular complexity index is 982. The van der Waals surface area contributed by atoms with Crippen molar-refractivity contribution in [2.24, 2.45) is 0 Å².